The van der Waals surface area contributed by atoms with Gasteiger partial charge in [0.1, 0.15) is 17.7 Å². The van der Waals surface area contributed by atoms with Crippen LogP contribution in [0.4, 0.5) is 14.9 Å². The molecule has 1 amide bonds. The van der Waals surface area contributed by atoms with Gasteiger partial charge in [-0.2, -0.15) is 0 Å². The van der Waals surface area contributed by atoms with Gasteiger partial charge in [-0.25, -0.2) is 9.18 Å². The Morgan fingerprint density at radius 2 is 2.16 bits per heavy atom. The number of carbonyl (C=O) groups is 1. The number of rotatable bonds is 8. The van der Waals surface area contributed by atoms with Crippen molar-refractivity contribution >= 4 is 38.6 Å². The van der Waals surface area contributed by atoms with Gasteiger partial charge in [-0.3, -0.25) is 9.88 Å². The number of fused-ring (bicyclic) bond motifs is 1. The maximum atomic E-state index is 13.8. The first kappa shape index (κ1) is 22.5. The highest BCUT2D eigenvalue weighted by Crippen LogP contribution is 2.26. The van der Waals surface area contributed by atoms with Crippen LogP contribution in [0.15, 0.2) is 53.1 Å². The summed E-state index contributed by atoms with van der Waals surface area (Å²) in [4.78, 5) is 20.4. The van der Waals surface area contributed by atoms with Gasteiger partial charge in [-0.1, -0.05) is 12.1 Å². The number of cyclic esters (lactones) is 1. The van der Waals surface area contributed by atoms with Crippen molar-refractivity contribution < 1.29 is 18.7 Å². The average Bonchev–Trinajstić information content (AvgIpc) is 3.15. The SMILES string of the molecule is COc1cnc2cccc(CCCN(C)C[C@@H]3CN(c4ccc(Br)c(F)c4)C(=O)O3)c2c1. The molecule has 0 aliphatic carbocycles. The summed E-state index contributed by atoms with van der Waals surface area (Å²) in [6, 6.07) is 12.8. The topological polar surface area (TPSA) is 54.9 Å². The van der Waals surface area contributed by atoms with Gasteiger partial charge in [-0.15, -0.1) is 0 Å². The molecule has 8 heteroatoms. The number of hydrogen-bond donors (Lipinski definition) is 0. The predicted molar refractivity (Wildman–Crippen MR) is 126 cm³/mol. The zero-order valence-corrected chi connectivity index (χ0v) is 19.6. The quantitative estimate of drug-likeness (QED) is 0.433. The van der Waals surface area contributed by atoms with Crippen LogP contribution in [0.3, 0.4) is 0 Å². The van der Waals surface area contributed by atoms with E-state index in [1.807, 2.05) is 25.2 Å². The molecule has 168 valence electrons. The van der Waals surface area contributed by atoms with Crippen LogP contribution in [0, 0.1) is 5.82 Å². The number of nitrogens with zero attached hydrogens (tertiary/aromatic N) is 3. The number of ether oxygens (including phenoxy) is 2. The Bertz CT molecular complexity index is 1130. The van der Waals surface area contributed by atoms with E-state index in [9.17, 15) is 9.18 Å². The number of benzene rings is 2. The third-order valence-electron chi connectivity index (χ3n) is 5.62. The summed E-state index contributed by atoms with van der Waals surface area (Å²) in [5, 5.41) is 1.11. The van der Waals surface area contributed by atoms with Gasteiger partial charge in [0.2, 0.25) is 0 Å². The fraction of sp³-hybridized carbons (Fsp3) is 0.333. The summed E-state index contributed by atoms with van der Waals surface area (Å²) >= 11 is 3.13. The summed E-state index contributed by atoms with van der Waals surface area (Å²) in [6.45, 7) is 1.87. The molecule has 32 heavy (non-hydrogen) atoms. The lowest BCUT2D eigenvalue weighted by molar-refractivity contribution is 0.117. The number of hydrogen-bond acceptors (Lipinski definition) is 5. The molecule has 1 saturated heterocycles. The normalized spacial score (nSPS) is 16.1. The van der Waals surface area contributed by atoms with E-state index < -0.39 is 11.9 Å². The van der Waals surface area contributed by atoms with Crippen LogP contribution in [0.25, 0.3) is 10.9 Å². The Hall–Kier alpha value is -2.71. The first-order chi connectivity index (χ1) is 15.4. The van der Waals surface area contributed by atoms with Gasteiger partial charge in [0.25, 0.3) is 0 Å². The van der Waals surface area contributed by atoms with Gasteiger partial charge < -0.3 is 14.4 Å². The number of carbonyl (C=O) groups excluding carboxylic acids is 1. The minimum absolute atomic E-state index is 0.259. The maximum absolute atomic E-state index is 13.8. The van der Waals surface area contributed by atoms with Crippen molar-refractivity contribution in [1.29, 1.82) is 0 Å². The van der Waals surface area contributed by atoms with Gasteiger partial charge in [0.05, 0.1) is 35.5 Å². The van der Waals surface area contributed by atoms with E-state index in [0.29, 0.717) is 23.2 Å². The van der Waals surface area contributed by atoms with Crippen LogP contribution in [0.2, 0.25) is 0 Å². The number of methoxy groups -OCH3 is 1. The molecule has 0 spiro atoms. The van der Waals surface area contributed by atoms with E-state index in [2.05, 4.69) is 31.9 Å². The van der Waals surface area contributed by atoms with Crippen molar-refractivity contribution in [1.82, 2.24) is 9.88 Å². The molecule has 3 aromatic rings. The fourth-order valence-electron chi connectivity index (χ4n) is 3.98. The standard InChI is InChI=1S/C24H25BrFN3O3/c1-28(10-4-6-16-5-3-7-23-20(16)12-18(31-2)13-27-23)14-19-15-29(24(30)32-19)17-8-9-21(25)22(26)11-17/h3,5,7-9,11-13,19H,4,6,10,14-15H2,1-2H3/t19-/m1/s1. The highest BCUT2D eigenvalue weighted by molar-refractivity contribution is 9.10. The summed E-state index contributed by atoms with van der Waals surface area (Å²) in [5.74, 6) is 0.345. The molecule has 1 aromatic heterocycles. The van der Waals surface area contributed by atoms with Crippen molar-refractivity contribution in [3.05, 3.63) is 64.5 Å². The zero-order valence-electron chi connectivity index (χ0n) is 18.1. The van der Waals surface area contributed by atoms with E-state index in [0.717, 1.165) is 36.0 Å². The van der Waals surface area contributed by atoms with Crippen LogP contribution in [-0.4, -0.2) is 55.9 Å². The summed E-state index contributed by atoms with van der Waals surface area (Å²) in [5.41, 5.74) is 2.69. The summed E-state index contributed by atoms with van der Waals surface area (Å²) in [6.07, 6.45) is 2.89. The number of halogens is 2. The molecule has 0 unspecified atom stereocenters. The molecule has 0 saturated carbocycles. The molecule has 2 aromatic carbocycles. The second kappa shape index (κ2) is 9.83. The van der Waals surface area contributed by atoms with Crippen LogP contribution in [0.5, 0.6) is 5.75 Å². The number of aryl methyl sites for hydroxylation is 1. The van der Waals surface area contributed by atoms with E-state index in [1.165, 1.54) is 16.5 Å². The van der Waals surface area contributed by atoms with Crippen LogP contribution < -0.4 is 9.64 Å². The lowest BCUT2D eigenvalue weighted by Gasteiger charge is -2.20. The number of amides is 1. The van der Waals surface area contributed by atoms with Gasteiger partial charge >= 0.3 is 6.09 Å². The van der Waals surface area contributed by atoms with Crippen molar-refractivity contribution in [2.45, 2.75) is 18.9 Å². The number of likely N-dealkylation sites (N-methyl/N-ethyl adjacent to an activating group) is 1. The molecular weight excluding hydrogens is 477 g/mol. The van der Waals surface area contributed by atoms with Crippen molar-refractivity contribution in [2.75, 3.05) is 38.7 Å². The van der Waals surface area contributed by atoms with E-state index in [1.54, 1.807) is 25.4 Å². The Balaban J connectivity index is 1.31. The molecule has 4 rings (SSSR count). The van der Waals surface area contributed by atoms with E-state index >= 15 is 0 Å². The molecule has 1 fully saturated rings. The van der Waals surface area contributed by atoms with Gasteiger partial charge in [-0.05, 0) is 78.3 Å². The largest absolute Gasteiger partial charge is 0.495 e. The lowest BCUT2D eigenvalue weighted by atomic mass is 10.0. The van der Waals surface area contributed by atoms with Gasteiger partial charge in [0, 0.05) is 11.9 Å². The predicted octanol–water partition coefficient (Wildman–Crippen LogP) is 5.03. The number of aromatic nitrogens is 1. The van der Waals surface area contributed by atoms with Gasteiger partial charge in [0.15, 0.2) is 0 Å². The molecule has 0 N–H and O–H groups in total. The fourth-order valence-corrected chi connectivity index (χ4v) is 4.23. The third kappa shape index (κ3) is 5.02. The van der Waals surface area contributed by atoms with Crippen molar-refractivity contribution in [3.8, 4) is 5.75 Å². The number of anilines is 1. The molecule has 0 bridgehead atoms. The second-order valence-corrected chi connectivity index (χ2v) is 8.79. The summed E-state index contributed by atoms with van der Waals surface area (Å²) in [7, 11) is 3.66. The number of pyridine rings is 1. The third-order valence-corrected chi connectivity index (χ3v) is 6.26. The minimum atomic E-state index is -0.442. The van der Waals surface area contributed by atoms with Crippen molar-refractivity contribution in [3.63, 3.8) is 0 Å². The molecule has 1 aliphatic heterocycles. The molecule has 0 radical (unpaired) electrons. The Labute approximate surface area is 195 Å². The lowest BCUT2D eigenvalue weighted by Crippen LogP contribution is -2.33. The molecule has 2 heterocycles. The molecule has 6 nitrogen and oxygen atoms in total. The highest BCUT2D eigenvalue weighted by atomic mass is 79.9. The van der Waals surface area contributed by atoms with Crippen LogP contribution in [-0.2, 0) is 11.2 Å². The van der Waals surface area contributed by atoms with E-state index in [4.69, 9.17) is 9.47 Å². The van der Waals surface area contributed by atoms with Crippen molar-refractivity contribution in [2.24, 2.45) is 0 Å². The first-order valence-electron chi connectivity index (χ1n) is 10.5. The monoisotopic (exact) mass is 501 g/mol. The Morgan fingerprint density at radius 1 is 1.31 bits per heavy atom. The first-order valence-corrected chi connectivity index (χ1v) is 11.3. The van der Waals surface area contributed by atoms with E-state index in [-0.39, 0.29) is 6.10 Å². The maximum Gasteiger partial charge on any atom is 0.414 e. The Morgan fingerprint density at radius 3 is 2.94 bits per heavy atom. The zero-order chi connectivity index (χ0) is 22.7. The Kier molecular flexibility index (Phi) is 6.91. The summed E-state index contributed by atoms with van der Waals surface area (Å²) < 4.78 is 25.0. The molecular formula is C24H25BrFN3O3. The highest BCUT2D eigenvalue weighted by Gasteiger charge is 2.33. The average molecular weight is 502 g/mol. The smallest absolute Gasteiger partial charge is 0.414 e. The molecule has 1 atom stereocenters. The van der Waals surface area contributed by atoms with Crippen LogP contribution >= 0.6 is 15.9 Å². The van der Waals surface area contributed by atoms with Crippen LogP contribution in [0.1, 0.15) is 12.0 Å². The minimum Gasteiger partial charge on any atom is -0.495 e. The second-order valence-electron chi connectivity index (χ2n) is 7.94. The molecule has 1 aliphatic rings.